The molecule has 0 saturated heterocycles. The van der Waals surface area contributed by atoms with Gasteiger partial charge in [0.05, 0.1) is 26.4 Å². The van der Waals surface area contributed by atoms with Gasteiger partial charge in [0.15, 0.2) is 11.7 Å². The monoisotopic (exact) mass is 564 g/mol. The van der Waals surface area contributed by atoms with E-state index in [9.17, 15) is 0 Å². The van der Waals surface area contributed by atoms with Gasteiger partial charge in [-0.05, 0) is 38.0 Å². The molecular weight excluding hydrogens is 531 g/mol. The summed E-state index contributed by atoms with van der Waals surface area (Å²) >= 11 is 0. The molecule has 33 heavy (non-hydrogen) atoms. The number of methoxy groups -OCH3 is 1. The number of aliphatic imine (C=N–C) groups is 1. The summed E-state index contributed by atoms with van der Waals surface area (Å²) in [6.45, 7) is 7.25. The van der Waals surface area contributed by atoms with Gasteiger partial charge in [-0.1, -0.05) is 42.0 Å². The van der Waals surface area contributed by atoms with Crippen LogP contribution < -0.4 is 15.4 Å². The number of oxazole rings is 1. The summed E-state index contributed by atoms with van der Waals surface area (Å²) in [5.41, 5.74) is 3.32. The lowest BCUT2D eigenvalue weighted by atomic mass is 10.1. The molecule has 0 spiro atoms. The van der Waals surface area contributed by atoms with E-state index in [0.717, 1.165) is 48.8 Å². The zero-order valence-corrected chi connectivity index (χ0v) is 21.8. The van der Waals surface area contributed by atoms with Crippen LogP contribution in [-0.2, 0) is 17.8 Å². The summed E-state index contributed by atoms with van der Waals surface area (Å²) < 4.78 is 16.5. The van der Waals surface area contributed by atoms with Gasteiger partial charge in [0.1, 0.15) is 5.75 Å². The second-order valence-electron chi connectivity index (χ2n) is 7.33. The van der Waals surface area contributed by atoms with E-state index in [4.69, 9.17) is 18.9 Å². The van der Waals surface area contributed by atoms with Crippen LogP contribution in [0.5, 0.6) is 5.75 Å². The van der Waals surface area contributed by atoms with Gasteiger partial charge < -0.3 is 24.5 Å². The number of guanidine groups is 1. The molecule has 0 bridgehead atoms. The molecule has 0 aliphatic carbocycles. The highest BCUT2D eigenvalue weighted by molar-refractivity contribution is 14.0. The average molecular weight is 564 g/mol. The number of nitrogens with one attached hydrogen (secondary N) is 2. The van der Waals surface area contributed by atoms with E-state index < -0.39 is 0 Å². The number of benzene rings is 2. The second-order valence-corrected chi connectivity index (χ2v) is 7.33. The Hall–Kier alpha value is -2.59. The molecule has 2 N–H and O–H groups in total. The third-order valence-corrected chi connectivity index (χ3v) is 4.84. The summed E-state index contributed by atoms with van der Waals surface area (Å²) in [7, 11) is 1.66. The SMILES string of the molecule is CCOCCCNC(=NCc1ccc(OC)cc1)NCc1ncc(-c2ccc(C)cc2)o1.I. The van der Waals surface area contributed by atoms with E-state index in [2.05, 4.69) is 34.7 Å². The molecule has 8 heteroatoms. The van der Waals surface area contributed by atoms with Crippen LogP contribution >= 0.6 is 24.0 Å². The molecule has 178 valence electrons. The quantitative estimate of drug-likeness (QED) is 0.149. The van der Waals surface area contributed by atoms with E-state index in [0.29, 0.717) is 24.9 Å². The minimum atomic E-state index is 0. The van der Waals surface area contributed by atoms with Crippen LogP contribution in [0.4, 0.5) is 0 Å². The summed E-state index contributed by atoms with van der Waals surface area (Å²) in [5.74, 6) is 2.89. The minimum Gasteiger partial charge on any atom is -0.497 e. The largest absolute Gasteiger partial charge is 0.497 e. The van der Waals surface area contributed by atoms with Gasteiger partial charge in [-0.2, -0.15) is 0 Å². The maximum absolute atomic E-state index is 5.92. The van der Waals surface area contributed by atoms with E-state index in [-0.39, 0.29) is 24.0 Å². The van der Waals surface area contributed by atoms with Gasteiger partial charge in [-0.3, -0.25) is 0 Å². The summed E-state index contributed by atoms with van der Waals surface area (Å²) in [6, 6.07) is 16.1. The molecule has 0 aliphatic rings. The molecular formula is C25H33IN4O3. The third kappa shape index (κ3) is 9.05. The van der Waals surface area contributed by atoms with Gasteiger partial charge in [0.2, 0.25) is 5.89 Å². The molecule has 0 saturated carbocycles. The summed E-state index contributed by atoms with van der Waals surface area (Å²) in [5, 5.41) is 6.66. The van der Waals surface area contributed by atoms with E-state index >= 15 is 0 Å². The first-order valence-electron chi connectivity index (χ1n) is 10.9. The molecule has 2 aromatic carbocycles. The van der Waals surface area contributed by atoms with Gasteiger partial charge in [0.25, 0.3) is 0 Å². The molecule has 1 heterocycles. The molecule has 0 radical (unpaired) electrons. The first-order valence-corrected chi connectivity index (χ1v) is 10.9. The van der Waals surface area contributed by atoms with Crippen LogP contribution in [0.3, 0.4) is 0 Å². The van der Waals surface area contributed by atoms with Crippen molar-refractivity contribution in [3.63, 3.8) is 0 Å². The minimum absolute atomic E-state index is 0. The number of halogens is 1. The molecule has 0 aliphatic heterocycles. The van der Waals surface area contributed by atoms with Crippen molar-refractivity contribution in [2.24, 2.45) is 4.99 Å². The highest BCUT2D eigenvalue weighted by Gasteiger charge is 2.08. The van der Waals surface area contributed by atoms with Gasteiger partial charge >= 0.3 is 0 Å². The Morgan fingerprint density at radius 2 is 1.82 bits per heavy atom. The molecule has 0 amide bonds. The number of nitrogens with zero attached hydrogens (tertiary/aromatic N) is 2. The van der Waals surface area contributed by atoms with Crippen molar-refractivity contribution >= 4 is 29.9 Å². The second kappa shape index (κ2) is 14.5. The summed E-state index contributed by atoms with van der Waals surface area (Å²) in [6.07, 6.45) is 2.65. The lowest BCUT2D eigenvalue weighted by Gasteiger charge is -2.12. The van der Waals surface area contributed by atoms with E-state index in [1.165, 1.54) is 5.56 Å². The number of hydrogen-bond acceptors (Lipinski definition) is 5. The topological polar surface area (TPSA) is 80.9 Å². The fourth-order valence-corrected chi connectivity index (χ4v) is 3.00. The van der Waals surface area contributed by atoms with Crippen molar-refractivity contribution in [1.82, 2.24) is 15.6 Å². The fourth-order valence-electron chi connectivity index (χ4n) is 3.00. The van der Waals surface area contributed by atoms with Crippen LogP contribution in [0.2, 0.25) is 0 Å². The predicted molar refractivity (Wildman–Crippen MR) is 142 cm³/mol. The van der Waals surface area contributed by atoms with Crippen molar-refractivity contribution in [3.8, 4) is 17.1 Å². The Morgan fingerprint density at radius 1 is 1.06 bits per heavy atom. The van der Waals surface area contributed by atoms with E-state index in [1.807, 2.05) is 43.3 Å². The molecule has 3 aromatic rings. The molecule has 0 atom stereocenters. The van der Waals surface area contributed by atoms with Crippen LogP contribution in [0, 0.1) is 6.92 Å². The number of hydrogen-bond donors (Lipinski definition) is 2. The van der Waals surface area contributed by atoms with Crippen LogP contribution in [-0.4, -0.2) is 37.8 Å². The Labute approximate surface area is 213 Å². The van der Waals surface area contributed by atoms with Crippen molar-refractivity contribution < 1.29 is 13.9 Å². The van der Waals surface area contributed by atoms with Crippen molar-refractivity contribution in [2.75, 3.05) is 26.9 Å². The van der Waals surface area contributed by atoms with E-state index in [1.54, 1.807) is 13.3 Å². The maximum atomic E-state index is 5.92. The standard InChI is InChI=1S/C25H32N4O3.HI/c1-4-31-15-5-14-26-25(28-16-20-8-12-22(30-3)13-9-20)29-18-24-27-17-23(32-24)21-10-6-19(2)7-11-21;/h6-13,17H,4-5,14-16,18H2,1-3H3,(H2,26,28,29);1H. The lowest BCUT2D eigenvalue weighted by molar-refractivity contribution is 0.145. The molecule has 0 unspecified atom stereocenters. The Bertz CT molecular complexity index is 972. The van der Waals surface area contributed by atoms with Crippen molar-refractivity contribution in [1.29, 1.82) is 0 Å². The molecule has 1 aromatic heterocycles. The normalized spacial score (nSPS) is 11.1. The highest BCUT2D eigenvalue weighted by Crippen LogP contribution is 2.20. The lowest BCUT2D eigenvalue weighted by Crippen LogP contribution is -2.37. The average Bonchev–Trinajstić information content (AvgIpc) is 3.30. The Balaban J connectivity index is 0.00000385. The maximum Gasteiger partial charge on any atom is 0.214 e. The molecule has 0 fully saturated rings. The van der Waals surface area contributed by atoms with Gasteiger partial charge in [0, 0.05) is 25.3 Å². The highest BCUT2D eigenvalue weighted by atomic mass is 127. The molecule has 3 rings (SSSR count). The predicted octanol–water partition coefficient (Wildman–Crippen LogP) is 4.94. The number of aromatic nitrogens is 1. The van der Waals surface area contributed by atoms with Crippen LogP contribution in [0.15, 0.2) is 64.1 Å². The first kappa shape index (κ1) is 26.7. The zero-order chi connectivity index (χ0) is 22.6. The Morgan fingerprint density at radius 3 is 2.52 bits per heavy atom. The first-order chi connectivity index (χ1) is 15.7. The fraction of sp³-hybridized carbons (Fsp3) is 0.360. The number of aryl methyl sites for hydroxylation is 1. The Kier molecular flexibility index (Phi) is 11.7. The van der Waals surface area contributed by atoms with Crippen molar-refractivity contribution in [3.05, 3.63) is 71.7 Å². The summed E-state index contributed by atoms with van der Waals surface area (Å²) in [4.78, 5) is 9.10. The van der Waals surface area contributed by atoms with Gasteiger partial charge in [-0.15, -0.1) is 24.0 Å². The third-order valence-electron chi connectivity index (χ3n) is 4.84. The number of ether oxygens (including phenoxy) is 2. The smallest absolute Gasteiger partial charge is 0.214 e. The van der Waals surface area contributed by atoms with Crippen LogP contribution in [0.1, 0.15) is 30.4 Å². The molecule has 7 nitrogen and oxygen atoms in total. The van der Waals surface area contributed by atoms with Crippen molar-refractivity contribution in [2.45, 2.75) is 33.4 Å². The van der Waals surface area contributed by atoms with Gasteiger partial charge in [-0.25, -0.2) is 9.98 Å². The van der Waals surface area contributed by atoms with Crippen LogP contribution in [0.25, 0.3) is 11.3 Å². The number of rotatable bonds is 11. The zero-order valence-electron chi connectivity index (χ0n) is 19.5.